The Hall–Kier alpha value is -0.930. The molecular formula is C8H9ClN2O. The molecule has 2 N–H and O–H groups in total. The predicted octanol–water partition coefficient (Wildman–Crippen LogP) is 1.32. The van der Waals surface area contributed by atoms with E-state index in [2.05, 4.69) is 4.98 Å². The van der Waals surface area contributed by atoms with Crippen molar-refractivity contribution >= 4 is 17.4 Å². The van der Waals surface area contributed by atoms with Gasteiger partial charge in [0.15, 0.2) is 5.78 Å². The highest BCUT2D eigenvalue weighted by atomic mass is 35.5. The number of hydrogen-bond acceptors (Lipinski definition) is 3. The molecule has 12 heavy (non-hydrogen) atoms. The van der Waals surface area contributed by atoms with Crippen LogP contribution in [0.2, 0.25) is 5.02 Å². The predicted molar refractivity (Wildman–Crippen MR) is 46.9 cm³/mol. The fraction of sp³-hybridized carbons (Fsp3) is 0.250. The summed E-state index contributed by atoms with van der Waals surface area (Å²) < 4.78 is 0. The Morgan fingerprint density at radius 3 is 2.92 bits per heavy atom. The molecule has 0 aliphatic heterocycles. The minimum atomic E-state index is -0.663. The van der Waals surface area contributed by atoms with Crippen molar-refractivity contribution in [1.82, 2.24) is 4.98 Å². The summed E-state index contributed by atoms with van der Waals surface area (Å²) >= 11 is 5.69. The highest BCUT2D eigenvalue weighted by Crippen LogP contribution is 2.13. The minimum Gasteiger partial charge on any atom is -0.317 e. The molecule has 0 aliphatic carbocycles. The van der Waals surface area contributed by atoms with Gasteiger partial charge in [0.1, 0.15) is 6.04 Å². The lowest BCUT2D eigenvalue weighted by molar-refractivity contribution is -0.118. The van der Waals surface area contributed by atoms with Gasteiger partial charge in [-0.3, -0.25) is 9.78 Å². The van der Waals surface area contributed by atoms with E-state index in [-0.39, 0.29) is 5.78 Å². The average Bonchev–Trinajstić information content (AvgIpc) is 2.03. The third kappa shape index (κ3) is 2.03. The lowest BCUT2D eigenvalue weighted by Gasteiger charge is -2.05. The van der Waals surface area contributed by atoms with E-state index in [0.29, 0.717) is 10.7 Å². The summed E-state index contributed by atoms with van der Waals surface area (Å²) in [6, 6.07) is 2.56. The zero-order valence-corrected chi connectivity index (χ0v) is 7.38. The maximum absolute atomic E-state index is 10.8. The molecule has 0 spiro atoms. The van der Waals surface area contributed by atoms with Crippen LogP contribution in [0.15, 0.2) is 18.3 Å². The van der Waals surface area contributed by atoms with Crippen LogP contribution in [0.1, 0.15) is 18.7 Å². The van der Waals surface area contributed by atoms with Crippen molar-refractivity contribution in [3.05, 3.63) is 29.0 Å². The summed E-state index contributed by atoms with van der Waals surface area (Å²) in [6.45, 7) is 1.42. The highest BCUT2D eigenvalue weighted by Gasteiger charge is 2.11. The molecule has 1 atom stereocenters. The second-order valence-electron chi connectivity index (χ2n) is 2.49. The van der Waals surface area contributed by atoms with Crippen molar-refractivity contribution in [3.63, 3.8) is 0 Å². The van der Waals surface area contributed by atoms with Gasteiger partial charge in [-0.1, -0.05) is 11.6 Å². The fourth-order valence-corrected chi connectivity index (χ4v) is 0.968. The number of rotatable bonds is 2. The van der Waals surface area contributed by atoms with E-state index in [1.807, 2.05) is 0 Å². The normalized spacial score (nSPS) is 12.6. The summed E-state index contributed by atoms with van der Waals surface area (Å²) in [5.74, 6) is -0.121. The van der Waals surface area contributed by atoms with E-state index < -0.39 is 6.04 Å². The van der Waals surface area contributed by atoms with E-state index in [1.165, 1.54) is 13.1 Å². The van der Waals surface area contributed by atoms with Gasteiger partial charge in [-0.2, -0.15) is 0 Å². The molecule has 0 amide bonds. The van der Waals surface area contributed by atoms with E-state index in [0.717, 1.165) is 0 Å². The number of carbonyl (C=O) groups is 1. The number of aromatic nitrogens is 1. The Morgan fingerprint density at radius 1 is 1.75 bits per heavy atom. The topological polar surface area (TPSA) is 56.0 Å². The number of carbonyl (C=O) groups excluding carboxylic acids is 1. The quantitative estimate of drug-likeness (QED) is 0.755. The van der Waals surface area contributed by atoms with Crippen molar-refractivity contribution in [2.75, 3.05) is 0 Å². The van der Waals surface area contributed by atoms with Gasteiger partial charge in [-0.25, -0.2) is 0 Å². The monoisotopic (exact) mass is 184 g/mol. The van der Waals surface area contributed by atoms with Gasteiger partial charge < -0.3 is 5.73 Å². The standard InChI is InChI=1S/C8H9ClN2O/c1-5(12)8(10)7-4-6(9)2-3-11-7/h2-4,8H,10H2,1H3. The smallest absolute Gasteiger partial charge is 0.152 e. The Morgan fingerprint density at radius 2 is 2.42 bits per heavy atom. The molecule has 1 rings (SSSR count). The molecule has 4 heteroatoms. The first-order valence-electron chi connectivity index (χ1n) is 3.48. The SMILES string of the molecule is CC(=O)C(N)c1cc(Cl)ccn1. The van der Waals surface area contributed by atoms with Crippen molar-refractivity contribution in [3.8, 4) is 0 Å². The van der Waals surface area contributed by atoms with Gasteiger partial charge in [0.05, 0.1) is 5.69 Å². The minimum absolute atomic E-state index is 0.121. The van der Waals surface area contributed by atoms with Crippen LogP contribution in [-0.2, 0) is 4.79 Å². The van der Waals surface area contributed by atoms with Gasteiger partial charge in [-0.15, -0.1) is 0 Å². The van der Waals surface area contributed by atoms with E-state index >= 15 is 0 Å². The second kappa shape index (κ2) is 3.65. The van der Waals surface area contributed by atoms with Crippen molar-refractivity contribution in [1.29, 1.82) is 0 Å². The molecule has 0 radical (unpaired) electrons. The maximum atomic E-state index is 10.8. The number of hydrogen-bond donors (Lipinski definition) is 1. The Balaban J connectivity index is 2.95. The van der Waals surface area contributed by atoms with Gasteiger partial charge in [-0.05, 0) is 19.1 Å². The van der Waals surface area contributed by atoms with E-state index in [9.17, 15) is 4.79 Å². The van der Waals surface area contributed by atoms with Crippen LogP contribution in [-0.4, -0.2) is 10.8 Å². The third-order valence-corrected chi connectivity index (χ3v) is 1.73. The summed E-state index contributed by atoms with van der Waals surface area (Å²) in [7, 11) is 0. The number of pyridine rings is 1. The summed E-state index contributed by atoms with van der Waals surface area (Å²) in [5.41, 5.74) is 6.05. The lowest BCUT2D eigenvalue weighted by atomic mass is 10.1. The van der Waals surface area contributed by atoms with Gasteiger partial charge in [0.2, 0.25) is 0 Å². The zero-order chi connectivity index (χ0) is 9.14. The molecule has 0 fully saturated rings. The van der Waals surface area contributed by atoms with Crippen LogP contribution in [0.25, 0.3) is 0 Å². The molecule has 0 bridgehead atoms. The second-order valence-corrected chi connectivity index (χ2v) is 2.92. The van der Waals surface area contributed by atoms with E-state index in [1.54, 1.807) is 12.1 Å². The van der Waals surface area contributed by atoms with Gasteiger partial charge >= 0.3 is 0 Å². The average molecular weight is 185 g/mol. The third-order valence-electron chi connectivity index (χ3n) is 1.50. The largest absolute Gasteiger partial charge is 0.317 e. The molecule has 0 aromatic carbocycles. The molecule has 0 saturated carbocycles. The van der Waals surface area contributed by atoms with Crippen LogP contribution in [0.3, 0.4) is 0 Å². The molecule has 0 saturated heterocycles. The zero-order valence-electron chi connectivity index (χ0n) is 6.62. The Bertz CT molecular complexity index is 301. The van der Waals surface area contributed by atoms with Gasteiger partial charge in [0, 0.05) is 11.2 Å². The molecule has 1 aromatic rings. The van der Waals surface area contributed by atoms with Crippen LogP contribution >= 0.6 is 11.6 Å². The van der Waals surface area contributed by atoms with Crippen LogP contribution in [0, 0.1) is 0 Å². The number of nitrogens with two attached hydrogens (primary N) is 1. The van der Waals surface area contributed by atoms with Crippen molar-refractivity contribution in [2.24, 2.45) is 5.73 Å². The molecule has 0 aliphatic rings. The van der Waals surface area contributed by atoms with Gasteiger partial charge in [0.25, 0.3) is 0 Å². The summed E-state index contributed by atoms with van der Waals surface area (Å²) in [5, 5.41) is 0.539. The molecular weight excluding hydrogens is 176 g/mol. The number of Topliss-reactive ketones (excluding diaryl/α,β-unsaturated/α-hetero) is 1. The number of ketones is 1. The molecule has 3 nitrogen and oxygen atoms in total. The lowest BCUT2D eigenvalue weighted by Crippen LogP contribution is -2.19. The molecule has 1 aromatic heterocycles. The molecule has 1 heterocycles. The molecule has 64 valence electrons. The van der Waals surface area contributed by atoms with Crippen molar-refractivity contribution in [2.45, 2.75) is 13.0 Å². The van der Waals surface area contributed by atoms with Crippen LogP contribution < -0.4 is 5.73 Å². The first kappa shape index (κ1) is 9.16. The van der Waals surface area contributed by atoms with Crippen molar-refractivity contribution < 1.29 is 4.79 Å². The molecule has 1 unspecified atom stereocenters. The highest BCUT2D eigenvalue weighted by molar-refractivity contribution is 6.30. The first-order valence-corrected chi connectivity index (χ1v) is 3.86. The summed E-state index contributed by atoms with van der Waals surface area (Å²) in [4.78, 5) is 14.8. The van der Waals surface area contributed by atoms with Crippen LogP contribution in [0.4, 0.5) is 0 Å². The summed E-state index contributed by atoms with van der Waals surface area (Å²) in [6.07, 6.45) is 1.53. The number of halogens is 1. The fourth-order valence-electron chi connectivity index (χ4n) is 0.800. The maximum Gasteiger partial charge on any atom is 0.152 e. The van der Waals surface area contributed by atoms with Crippen LogP contribution in [0.5, 0.6) is 0 Å². The van der Waals surface area contributed by atoms with E-state index in [4.69, 9.17) is 17.3 Å². The Labute approximate surface area is 75.6 Å². The Kier molecular flexibility index (Phi) is 2.78. The number of nitrogens with zero attached hydrogens (tertiary/aromatic N) is 1. The first-order chi connectivity index (χ1) is 5.61.